The maximum absolute atomic E-state index is 11.8. The van der Waals surface area contributed by atoms with Gasteiger partial charge in [-0.15, -0.1) is 0 Å². The summed E-state index contributed by atoms with van der Waals surface area (Å²) in [5, 5.41) is 15.4. The Morgan fingerprint density at radius 1 is 1.39 bits per heavy atom. The smallest absolute Gasteiger partial charge is 0.338 e. The Balaban J connectivity index is 2.11. The lowest BCUT2D eigenvalue weighted by atomic mass is 10.2. The minimum Gasteiger partial charge on any atom is -0.478 e. The maximum atomic E-state index is 11.8. The minimum atomic E-state index is -1.16. The van der Waals surface area contributed by atoms with Crippen molar-refractivity contribution in [2.45, 2.75) is 6.54 Å². The Hall–Kier alpha value is -2.21. The van der Waals surface area contributed by atoms with Crippen molar-refractivity contribution in [3.05, 3.63) is 52.0 Å². The predicted octanol–water partition coefficient (Wildman–Crippen LogP) is 1.77. The van der Waals surface area contributed by atoms with E-state index in [2.05, 4.69) is 10.3 Å². The monoisotopic (exact) mass is 262 g/mol. The number of carbonyl (C=O) groups is 2. The third-order valence-electron chi connectivity index (χ3n) is 2.29. The van der Waals surface area contributed by atoms with Crippen LogP contribution >= 0.6 is 11.3 Å². The van der Waals surface area contributed by atoms with E-state index < -0.39 is 11.9 Å². The SMILES string of the molecule is O=C(O)c1cccnc1C(=O)NCc1ccsc1. The normalized spacial score (nSPS) is 10.0. The van der Waals surface area contributed by atoms with Crippen molar-refractivity contribution >= 4 is 23.2 Å². The van der Waals surface area contributed by atoms with E-state index in [9.17, 15) is 9.59 Å². The van der Waals surface area contributed by atoms with E-state index in [0.29, 0.717) is 6.54 Å². The van der Waals surface area contributed by atoms with Gasteiger partial charge in [0.05, 0.1) is 5.56 Å². The van der Waals surface area contributed by atoms with Gasteiger partial charge in [-0.05, 0) is 34.5 Å². The van der Waals surface area contributed by atoms with Crippen molar-refractivity contribution in [3.8, 4) is 0 Å². The van der Waals surface area contributed by atoms with Gasteiger partial charge in [-0.3, -0.25) is 9.78 Å². The first-order chi connectivity index (χ1) is 8.68. The maximum Gasteiger partial charge on any atom is 0.338 e. The van der Waals surface area contributed by atoms with Crippen LogP contribution in [0.2, 0.25) is 0 Å². The molecule has 0 spiro atoms. The number of rotatable bonds is 4. The van der Waals surface area contributed by atoms with Gasteiger partial charge in [0.25, 0.3) is 5.91 Å². The molecule has 0 aromatic carbocycles. The van der Waals surface area contributed by atoms with Crippen LogP contribution in [-0.2, 0) is 6.54 Å². The van der Waals surface area contributed by atoms with Gasteiger partial charge in [0.1, 0.15) is 5.69 Å². The third-order valence-corrected chi connectivity index (χ3v) is 3.02. The van der Waals surface area contributed by atoms with Gasteiger partial charge in [0.15, 0.2) is 0 Å². The van der Waals surface area contributed by atoms with E-state index >= 15 is 0 Å². The number of nitrogens with zero attached hydrogens (tertiary/aromatic N) is 1. The number of hydrogen-bond donors (Lipinski definition) is 2. The number of amides is 1. The average Bonchev–Trinajstić information content (AvgIpc) is 2.89. The molecule has 0 bridgehead atoms. The van der Waals surface area contributed by atoms with Crippen LogP contribution < -0.4 is 5.32 Å². The summed E-state index contributed by atoms with van der Waals surface area (Å²) in [7, 11) is 0. The fourth-order valence-electron chi connectivity index (χ4n) is 1.42. The number of carboxylic acids is 1. The van der Waals surface area contributed by atoms with Crippen molar-refractivity contribution in [1.29, 1.82) is 0 Å². The number of thiophene rings is 1. The molecule has 0 saturated heterocycles. The molecule has 2 rings (SSSR count). The molecule has 2 aromatic rings. The number of aromatic nitrogens is 1. The highest BCUT2D eigenvalue weighted by Gasteiger charge is 2.17. The number of pyridine rings is 1. The van der Waals surface area contributed by atoms with Crippen molar-refractivity contribution in [2.24, 2.45) is 0 Å². The molecule has 0 aliphatic rings. The molecule has 2 heterocycles. The molecule has 0 unspecified atom stereocenters. The van der Waals surface area contributed by atoms with Crippen LogP contribution in [0.5, 0.6) is 0 Å². The molecule has 18 heavy (non-hydrogen) atoms. The molecule has 0 atom stereocenters. The number of carboxylic acid groups (broad SMARTS) is 1. The average molecular weight is 262 g/mol. The Kier molecular flexibility index (Phi) is 3.69. The topological polar surface area (TPSA) is 79.3 Å². The van der Waals surface area contributed by atoms with E-state index in [1.54, 1.807) is 0 Å². The number of carbonyl (C=O) groups excluding carboxylic acids is 1. The van der Waals surface area contributed by atoms with E-state index in [-0.39, 0.29) is 11.3 Å². The largest absolute Gasteiger partial charge is 0.478 e. The predicted molar refractivity (Wildman–Crippen MR) is 66.7 cm³/mol. The van der Waals surface area contributed by atoms with Crippen LogP contribution in [0.3, 0.4) is 0 Å². The van der Waals surface area contributed by atoms with E-state index in [0.717, 1.165) is 5.56 Å². The number of nitrogens with one attached hydrogen (secondary N) is 1. The molecule has 0 saturated carbocycles. The van der Waals surface area contributed by atoms with E-state index in [1.165, 1.54) is 29.7 Å². The van der Waals surface area contributed by atoms with Gasteiger partial charge in [0.2, 0.25) is 0 Å². The van der Waals surface area contributed by atoms with Crippen molar-refractivity contribution in [2.75, 3.05) is 0 Å². The summed E-state index contributed by atoms with van der Waals surface area (Å²) in [6, 6.07) is 4.73. The quantitative estimate of drug-likeness (QED) is 0.880. The van der Waals surface area contributed by atoms with Gasteiger partial charge in [-0.2, -0.15) is 11.3 Å². The number of aromatic carboxylic acids is 1. The standard InChI is InChI=1S/C12H10N2O3S/c15-11(14-6-8-3-5-18-7-8)10-9(12(16)17)2-1-4-13-10/h1-5,7H,6H2,(H,14,15)(H,16,17). The second-order valence-corrected chi connectivity index (χ2v) is 4.30. The van der Waals surface area contributed by atoms with Gasteiger partial charge >= 0.3 is 5.97 Å². The second kappa shape index (κ2) is 5.42. The first kappa shape index (κ1) is 12.3. The fourth-order valence-corrected chi connectivity index (χ4v) is 2.09. The molecule has 1 amide bonds. The van der Waals surface area contributed by atoms with E-state index in [1.807, 2.05) is 16.8 Å². The Labute approximate surface area is 107 Å². The van der Waals surface area contributed by atoms with E-state index in [4.69, 9.17) is 5.11 Å². The van der Waals surface area contributed by atoms with Gasteiger partial charge < -0.3 is 10.4 Å². The second-order valence-electron chi connectivity index (χ2n) is 3.52. The summed E-state index contributed by atoms with van der Waals surface area (Å²) in [5.74, 6) is -1.65. The molecule has 2 aromatic heterocycles. The van der Waals surface area contributed by atoms with Crippen LogP contribution in [0.15, 0.2) is 35.2 Å². The molecule has 0 radical (unpaired) electrons. The summed E-state index contributed by atoms with van der Waals surface area (Å²) < 4.78 is 0. The summed E-state index contributed by atoms with van der Waals surface area (Å²) in [6.45, 7) is 0.359. The summed E-state index contributed by atoms with van der Waals surface area (Å²) in [5.41, 5.74) is 0.807. The number of hydrogen-bond acceptors (Lipinski definition) is 4. The lowest BCUT2D eigenvalue weighted by Gasteiger charge is -2.05. The first-order valence-corrected chi connectivity index (χ1v) is 6.10. The zero-order chi connectivity index (χ0) is 13.0. The third kappa shape index (κ3) is 2.72. The fraction of sp³-hybridized carbons (Fsp3) is 0.0833. The zero-order valence-electron chi connectivity index (χ0n) is 9.29. The van der Waals surface area contributed by atoms with Crippen LogP contribution in [0.4, 0.5) is 0 Å². The summed E-state index contributed by atoms with van der Waals surface area (Å²) >= 11 is 1.53. The molecule has 0 aliphatic carbocycles. The summed E-state index contributed by atoms with van der Waals surface area (Å²) in [6.07, 6.45) is 1.39. The molecular formula is C12H10N2O3S. The van der Waals surface area contributed by atoms with Gasteiger partial charge in [-0.1, -0.05) is 0 Å². The molecule has 6 heteroatoms. The Morgan fingerprint density at radius 3 is 2.89 bits per heavy atom. The van der Waals surface area contributed by atoms with Crippen LogP contribution in [0.1, 0.15) is 26.4 Å². The molecule has 0 fully saturated rings. The van der Waals surface area contributed by atoms with Crippen LogP contribution in [0, 0.1) is 0 Å². The van der Waals surface area contributed by atoms with Crippen molar-refractivity contribution < 1.29 is 14.7 Å². The lowest BCUT2D eigenvalue weighted by molar-refractivity contribution is 0.0690. The summed E-state index contributed by atoms with van der Waals surface area (Å²) in [4.78, 5) is 26.6. The Bertz CT molecular complexity index is 566. The van der Waals surface area contributed by atoms with Crippen LogP contribution in [0.25, 0.3) is 0 Å². The minimum absolute atomic E-state index is 0.0692. The zero-order valence-corrected chi connectivity index (χ0v) is 10.1. The molecule has 2 N–H and O–H groups in total. The first-order valence-electron chi connectivity index (χ1n) is 5.16. The van der Waals surface area contributed by atoms with Gasteiger partial charge in [-0.25, -0.2) is 4.79 Å². The van der Waals surface area contributed by atoms with Gasteiger partial charge in [0, 0.05) is 12.7 Å². The van der Waals surface area contributed by atoms with Crippen molar-refractivity contribution in [1.82, 2.24) is 10.3 Å². The molecule has 92 valence electrons. The van der Waals surface area contributed by atoms with Crippen molar-refractivity contribution in [3.63, 3.8) is 0 Å². The highest BCUT2D eigenvalue weighted by atomic mass is 32.1. The lowest BCUT2D eigenvalue weighted by Crippen LogP contribution is -2.25. The molecule has 0 aliphatic heterocycles. The molecular weight excluding hydrogens is 252 g/mol. The highest BCUT2D eigenvalue weighted by molar-refractivity contribution is 7.07. The molecule has 5 nitrogen and oxygen atoms in total. The Morgan fingerprint density at radius 2 is 2.22 bits per heavy atom. The highest BCUT2D eigenvalue weighted by Crippen LogP contribution is 2.08. The van der Waals surface area contributed by atoms with Crippen LogP contribution in [-0.4, -0.2) is 22.0 Å².